The van der Waals surface area contributed by atoms with E-state index in [2.05, 4.69) is 11.3 Å². The summed E-state index contributed by atoms with van der Waals surface area (Å²) in [4.78, 5) is 10.2. The molecule has 0 unspecified atom stereocenters. The van der Waals surface area contributed by atoms with Gasteiger partial charge in [0.05, 0.1) is 0 Å². The van der Waals surface area contributed by atoms with E-state index in [0.717, 1.165) is 0 Å². The molecule has 0 rings (SSSR count). The molecule has 0 atom stereocenters. The minimum Gasteiger partial charge on any atom is -0.392 e. The zero-order chi connectivity index (χ0) is 12.5. The Morgan fingerprint density at radius 1 is 1.31 bits per heavy atom. The molecule has 0 bridgehead atoms. The second-order valence-electron chi connectivity index (χ2n) is 2.13. The van der Waals surface area contributed by atoms with E-state index in [0.29, 0.717) is 0 Å². The number of halogens is 4. The maximum absolute atomic E-state index is 12.4. The van der Waals surface area contributed by atoms with Crippen LogP contribution in [0.25, 0.3) is 0 Å². The van der Waals surface area contributed by atoms with E-state index in [1.165, 1.54) is 0 Å². The summed E-state index contributed by atoms with van der Waals surface area (Å²) in [5.74, 6) is -1.97. The minimum atomic E-state index is -6.41. The summed E-state index contributed by atoms with van der Waals surface area (Å²) >= 11 is 0. The molecule has 0 aromatic carbocycles. The monoisotopic (exact) mass is 291 g/mol. The average molecular weight is 291 g/mol. The Balaban J connectivity index is 0. The smallest absolute Gasteiger partial charge is 0.392 e. The van der Waals surface area contributed by atoms with Gasteiger partial charge in [0.1, 0.15) is 0 Å². The van der Waals surface area contributed by atoms with Crippen LogP contribution in [-0.4, -0.2) is 81.7 Å². The van der Waals surface area contributed by atoms with Crippen LogP contribution in [-0.2, 0) is 19.6 Å². The van der Waals surface area contributed by atoms with Crippen LogP contribution in [0, 0.1) is 0 Å². The van der Waals surface area contributed by atoms with Crippen LogP contribution in [0.5, 0.6) is 0 Å². The molecule has 0 heterocycles. The number of carbonyl (C=O) groups is 1. The number of rotatable bonds is 4. The first kappa shape index (κ1) is 18.8. The van der Waals surface area contributed by atoms with Gasteiger partial charge in [-0.1, -0.05) is 6.58 Å². The molecule has 0 aliphatic heterocycles. The number of carbonyl (C=O) groups excluding carboxylic acids is 1. The van der Waals surface area contributed by atoms with Gasteiger partial charge >= 0.3 is 27.5 Å². The SMILES string of the molecule is C=CC(=O)OC(F)(F)C(F)(F)S(=O)(=O)O.[K]. The number of esters is 1. The molecule has 0 aromatic heterocycles. The summed E-state index contributed by atoms with van der Waals surface area (Å²) in [6, 6.07) is 0. The Kier molecular flexibility index (Phi) is 6.93. The molecule has 0 aromatic rings. The second-order valence-corrected chi connectivity index (χ2v) is 3.60. The van der Waals surface area contributed by atoms with Crippen molar-refractivity contribution in [3.8, 4) is 0 Å². The summed E-state index contributed by atoms with van der Waals surface area (Å²) in [6.45, 7) is 2.62. The molecule has 0 spiro atoms. The first-order valence-electron chi connectivity index (χ1n) is 3.04. The summed E-state index contributed by atoms with van der Waals surface area (Å²) in [6.07, 6.45) is -5.57. The molecule has 0 saturated carbocycles. The fraction of sp³-hybridized carbons (Fsp3) is 0.400. The fourth-order valence-electron chi connectivity index (χ4n) is 0.378. The third kappa shape index (κ3) is 4.05. The fourth-order valence-corrected chi connectivity index (χ4v) is 0.720. The molecule has 0 aliphatic rings. The largest absolute Gasteiger partial charge is 0.485 e. The van der Waals surface area contributed by atoms with Gasteiger partial charge in [-0.15, -0.1) is 0 Å². The van der Waals surface area contributed by atoms with Crippen molar-refractivity contribution in [1.82, 2.24) is 0 Å². The molecule has 0 saturated heterocycles. The van der Waals surface area contributed by atoms with Crippen LogP contribution >= 0.6 is 0 Å². The Bertz CT molecular complexity index is 378. The van der Waals surface area contributed by atoms with Crippen molar-refractivity contribution in [1.29, 1.82) is 0 Å². The summed E-state index contributed by atoms with van der Waals surface area (Å²) in [5.41, 5.74) is 0. The quantitative estimate of drug-likeness (QED) is 0.267. The van der Waals surface area contributed by atoms with Crippen molar-refractivity contribution in [2.24, 2.45) is 0 Å². The van der Waals surface area contributed by atoms with Gasteiger partial charge in [0.15, 0.2) is 0 Å². The molecule has 1 N–H and O–H groups in total. The normalized spacial score (nSPS) is 12.6. The van der Waals surface area contributed by atoms with Crippen molar-refractivity contribution < 1.29 is 40.1 Å². The Morgan fingerprint density at radius 3 is 1.94 bits per heavy atom. The van der Waals surface area contributed by atoms with Crippen molar-refractivity contribution in [2.75, 3.05) is 0 Å². The van der Waals surface area contributed by atoms with Crippen molar-refractivity contribution >= 4 is 67.5 Å². The van der Waals surface area contributed by atoms with Crippen molar-refractivity contribution in [3.63, 3.8) is 0 Å². The maximum Gasteiger partial charge on any atom is 0.485 e. The van der Waals surface area contributed by atoms with Crippen LogP contribution in [0.2, 0.25) is 0 Å². The zero-order valence-electron chi connectivity index (χ0n) is 7.78. The predicted molar refractivity (Wildman–Crippen MR) is 43.5 cm³/mol. The van der Waals surface area contributed by atoms with Gasteiger partial charge in [-0.25, -0.2) is 4.79 Å². The number of alkyl halides is 4. The average Bonchev–Trinajstić information content (AvgIpc) is 2.00. The van der Waals surface area contributed by atoms with Crippen LogP contribution < -0.4 is 0 Å². The van der Waals surface area contributed by atoms with Gasteiger partial charge in [-0.3, -0.25) is 4.55 Å². The van der Waals surface area contributed by atoms with E-state index in [1.807, 2.05) is 0 Å². The van der Waals surface area contributed by atoms with Gasteiger partial charge in [-0.2, -0.15) is 26.0 Å². The molecule has 0 aliphatic carbocycles. The number of hydrogen-bond donors (Lipinski definition) is 1. The van der Waals surface area contributed by atoms with E-state index >= 15 is 0 Å². The molecule has 0 fully saturated rings. The maximum atomic E-state index is 12.4. The predicted octanol–water partition coefficient (Wildman–Crippen LogP) is 0.408. The van der Waals surface area contributed by atoms with E-state index in [-0.39, 0.29) is 57.5 Å². The first-order valence-corrected chi connectivity index (χ1v) is 4.48. The molecule has 11 heteroatoms. The molecule has 5 nitrogen and oxygen atoms in total. The van der Waals surface area contributed by atoms with E-state index < -0.39 is 27.5 Å². The van der Waals surface area contributed by atoms with Gasteiger partial charge < -0.3 is 4.74 Å². The Morgan fingerprint density at radius 2 is 1.69 bits per heavy atom. The minimum absolute atomic E-state index is 0. The number of hydrogen-bond acceptors (Lipinski definition) is 4. The summed E-state index contributed by atoms with van der Waals surface area (Å²) in [5, 5.41) is -5.93. The molecule has 89 valence electrons. The molecular weight excluding hydrogens is 287 g/mol. The molecule has 16 heavy (non-hydrogen) atoms. The second kappa shape index (κ2) is 5.88. The topological polar surface area (TPSA) is 80.7 Å². The van der Waals surface area contributed by atoms with Crippen LogP contribution in [0.3, 0.4) is 0 Å². The molecular formula is C5H4F4KO5S. The first-order chi connectivity index (χ1) is 6.45. The van der Waals surface area contributed by atoms with Crippen molar-refractivity contribution in [3.05, 3.63) is 12.7 Å². The molecule has 1 radical (unpaired) electrons. The van der Waals surface area contributed by atoms with Crippen LogP contribution in [0.4, 0.5) is 17.6 Å². The van der Waals surface area contributed by atoms with Crippen LogP contribution in [0.15, 0.2) is 12.7 Å². The van der Waals surface area contributed by atoms with Crippen LogP contribution in [0.1, 0.15) is 0 Å². The third-order valence-electron chi connectivity index (χ3n) is 1.06. The van der Waals surface area contributed by atoms with E-state index in [1.54, 1.807) is 0 Å². The molecule has 0 amide bonds. The van der Waals surface area contributed by atoms with E-state index in [9.17, 15) is 30.8 Å². The summed E-state index contributed by atoms with van der Waals surface area (Å²) < 4.78 is 79.7. The van der Waals surface area contributed by atoms with Gasteiger partial charge in [0.2, 0.25) is 0 Å². The Labute approximate surface area is 130 Å². The van der Waals surface area contributed by atoms with Gasteiger partial charge in [0.25, 0.3) is 0 Å². The van der Waals surface area contributed by atoms with Gasteiger partial charge in [0, 0.05) is 57.5 Å². The van der Waals surface area contributed by atoms with E-state index in [4.69, 9.17) is 4.55 Å². The Hall–Kier alpha value is 0.476. The van der Waals surface area contributed by atoms with Crippen molar-refractivity contribution in [2.45, 2.75) is 11.4 Å². The zero-order valence-corrected chi connectivity index (χ0v) is 11.7. The standard InChI is InChI=1S/C5H4F4O5S.K/c1-2-3(10)14-4(6,7)5(8,9)15(11,12)13;/h2H,1H2,(H,11,12,13);. The third-order valence-corrected chi connectivity index (χ3v) is 1.94. The van der Waals surface area contributed by atoms with Gasteiger partial charge in [-0.05, 0) is 0 Å². The summed E-state index contributed by atoms with van der Waals surface area (Å²) in [7, 11) is -6.41. The number of ether oxygens (including phenoxy) is 1.